The molecule has 1 saturated heterocycles. The number of hydrogen-bond acceptors (Lipinski definition) is 3. The largest absolute Gasteiger partial charge is 0.497 e. The maximum atomic E-state index is 14.4. The molecule has 0 bridgehead atoms. The summed E-state index contributed by atoms with van der Waals surface area (Å²) in [5, 5.41) is 2.78. The second-order valence-electron chi connectivity index (χ2n) is 8.29. The van der Waals surface area contributed by atoms with Crippen LogP contribution in [0.2, 0.25) is 0 Å². The van der Waals surface area contributed by atoms with Crippen LogP contribution in [0.15, 0.2) is 48.5 Å². The van der Waals surface area contributed by atoms with Gasteiger partial charge in [0.1, 0.15) is 11.6 Å². The third-order valence-corrected chi connectivity index (χ3v) is 6.14. The van der Waals surface area contributed by atoms with Crippen LogP contribution in [-0.4, -0.2) is 48.1 Å². The molecule has 2 aromatic rings. The lowest BCUT2D eigenvalue weighted by Gasteiger charge is -2.40. The number of nitrogens with one attached hydrogen (secondary N) is 1. The lowest BCUT2D eigenvalue weighted by atomic mass is 10.00. The second-order valence-corrected chi connectivity index (χ2v) is 8.29. The molecular weight excluding hydrogens is 393 g/mol. The zero-order valence-corrected chi connectivity index (χ0v) is 18.8. The Hall–Kier alpha value is -2.60. The van der Waals surface area contributed by atoms with E-state index in [-0.39, 0.29) is 17.8 Å². The van der Waals surface area contributed by atoms with Crippen molar-refractivity contribution < 1.29 is 13.9 Å². The summed E-state index contributed by atoms with van der Waals surface area (Å²) in [5.74, 6) is -0.0826. The quantitative estimate of drug-likeness (QED) is 0.603. The zero-order valence-electron chi connectivity index (χ0n) is 18.8. The predicted octanol–water partition coefficient (Wildman–Crippen LogP) is 5.52. The van der Waals surface area contributed by atoms with Crippen molar-refractivity contribution in [3.05, 3.63) is 59.9 Å². The topological polar surface area (TPSA) is 44.8 Å². The van der Waals surface area contributed by atoms with Crippen molar-refractivity contribution >= 4 is 11.7 Å². The molecule has 1 N–H and O–H groups in total. The molecule has 0 radical (unpaired) electrons. The average Bonchev–Trinajstić information content (AvgIpc) is 2.79. The van der Waals surface area contributed by atoms with Gasteiger partial charge in [-0.3, -0.25) is 0 Å². The van der Waals surface area contributed by atoms with Gasteiger partial charge in [0.15, 0.2) is 0 Å². The van der Waals surface area contributed by atoms with Crippen molar-refractivity contribution in [3.63, 3.8) is 0 Å². The molecule has 1 fully saturated rings. The molecule has 1 atom stereocenters. The minimum atomic E-state index is -0.504. The van der Waals surface area contributed by atoms with Gasteiger partial charge in [-0.15, -0.1) is 0 Å². The smallest absolute Gasteiger partial charge is 0.322 e. The molecule has 0 aromatic heterocycles. The first-order valence-corrected chi connectivity index (χ1v) is 11.2. The van der Waals surface area contributed by atoms with Gasteiger partial charge in [0.25, 0.3) is 0 Å². The summed E-state index contributed by atoms with van der Waals surface area (Å²) in [6.07, 6.45) is 4.20. The van der Waals surface area contributed by atoms with Gasteiger partial charge in [0.2, 0.25) is 0 Å². The number of likely N-dealkylation sites (tertiary alicyclic amines) is 1. The van der Waals surface area contributed by atoms with Crippen LogP contribution in [0.4, 0.5) is 14.9 Å². The highest BCUT2D eigenvalue weighted by Crippen LogP contribution is 2.25. The molecule has 3 rings (SSSR count). The van der Waals surface area contributed by atoms with Crippen molar-refractivity contribution in [2.45, 2.75) is 58.2 Å². The molecule has 5 nitrogen and oxygen atoms in total. The summed E-state index contributed by atoms with van der Waals surface area (Å²) in [4.78, 5) is 17.6. The van der Waals surface area contributed by atoms with Gasteiger partial charge in [0, 0.05) is 37.8 Å². The number of rotatable bonds is 8. The molecule has 0 spiro atoms. The summed E-state index contributed by atoms with van der Waals surface area (Å²) < 4.78 is 19.5. The van der Waals surface area contributed by atoms with E-state index in [0.29, 0.717) is 18.3 Å². The number of carbonyl (C=O) groups is 1. The summed E-state index contributed by atoms with van der Waals surface area (Å²) in [6, 6.07) is 14.8. The van der Waals surface area contributed by atoms with Crippen LogP contribution in [0.1, 0.15) is 45.1 Å². The number of carbonyl (C=O) groups excluding carboxylic acids is 1. The van der Waals surface area contributed by atoms with E-state index in [4.69, 9.17) is 4.74 Å². The number of benzene rings is 2. The van der Waals surface area contributed by atoms with E-state index in [0.717, 1.165) is 31.5 Å². The highest BCUT2D eigenvalue weighted by atomic mass is 19.1. The van der Waals surface area contributed by atoms with Crippen LogP contribution in [0, 0.1) is 5.82 Å². The van der Waals surface area contributed by atoms with E-state index in [1.54, 1.807) is 12.1 Å². The second kappa shape index (κ2) is 11.1. The Morgan fingerprint density at radius 1 is 1.23 bits per heavy atom. The van der Waals surface area contributed by atoms with Crippen molar-refractivity contribution in [1.82, 2.24) is 9.80 Å². The Morgan fingerprint density at radius 2 is 1.94 bits per heavy atom. The standard InChI is InChI=1S/C25H34FN3O2/c1-4-8-19(2)28-15-13-21(14-16-28)29(18-20-9-6-5-7-10-20)25(30)27-24-12-11-22(31-3)17-23(24)26/h5-7,9-12,17,19,21H,4,8,13-16,18H2,1-3H3,(H,27,30). The van der Waals surface area contributed by atoms with Crippen LogP contribution in [0.3, 0.4) is 0 Å². The van der Waals surface area contributed by atoms with Gasteiger partial charge in [-0.2, -0.15) is 0 Å². The van der Waals surface area contributed by atoms with Crippen molar-refractivity contribution in [2.24, 2.45) is 0 Å². The fourth-order valence-electron chi connectivity index (χ4n) is 4.30. The first kappa shape index (κ1) is 23.1. The molecule has 2 aromatic carbocycles. The maximum Gasteiger partial charge on any atom is 0.322 e. The molecule has 1 aliphatic heterocycles. The summed E-state index contributed by atoms with van der Waals surface area (Å²) in [5.41, 5.74) is 1.23. The molecule has 0 saturated carbocycles. The van der Waals surface area contributed by atoms with Crippen LogP contribution >= 0.6 is 0 Å². The van der Waals surface area contributed by atoms with Gasteiger partial charge >= 0.3 is 6.03 Å². The number of nitrogens with zero attached hydrogens (tertiary/aromatic N) is 2. The third-order valence-electron chi connectivity index (χ3n) is 6.14. The number of halogens is 1. The van der Waals surface area contributed by atoms with Gasteiger partial charge < -0.3 is 19.9 Å². The first-order chi connectivity index (χ1) is 15.0. The Bertz CT molecular complexity index is 838. The van der Waals surface area contributed by atoms with E-state index in [1.165, 1.54) is 26.0 Å². The highest BCUT2D eigenvalue weighted by Gasteiger charge is 2.30. The molecule has 1 unspecified atom stereocenters. The number of hydrogen-bond donors (Lipinski definition) is 1. The molecule has 168 valence electrons. The number of piperidine rings is 1. The summed E-state index contributed by atoms with van der Waals surface area (Å²) >= 11 is 0. The molecule has 31 heavy (non-hydrogen) atoms. The summed E-state index contributed by atoms with van der Waals surface area (Å²) in [6.45, 7) is 6.94. The Labute approximate surface area is 185 Å². The lowest BCUT2D eigenvalue weighted by molar-refractivity contribution is 0.0989. The zero-order chi connectivity index (χ0) is 22.2. The molecule has 1 heterocycles. The van der Waals surface area contributed by atoms with Gasteiger partial charge in [-0.1, -0.05) is 43.7 Å². The van der Waals surface area contributed by atoms with Gasteiger partial charge in [-0.25, -0.2) is 9.18 Å². The van der Waals surface area contributed by atoms with Crippen molar-refractivity contribution in [3.8, 4) is 5.75 Å². The average molecular weight is 428 g/mol. The van der Waals surface area contributed by atoms with Crippen LogP contribution < -0.4 is 10.1 Å². The Morgan fingerprint density at radius 3 is 2.55 bits per heavy atom. The van der Waals surface area contributed by atoms with Crippen LogP contribution in [-0.2, 0) is 6.54 Å². The first-order valence-electron chi connectivity index (χ1n) is 11.2. The minimum absolute atomic E-state index is 0.117. The highest BCUT2D eigenvalue weighted by molar-refractivity contribution is 5.89. The van der Waals surface area contributed by atoms with E-state index < -0.39 is 5.82 Å². The van der Waals surface area contributed by atoms with Gasteiger partial charge in [-0.05, 0) is 43.9 Å². The fraction of sp³-hybridized carbons (Fsp3) is 0.480. The van der Waals surface area contributed by atoms with E-state index in [9.17, 15) is 9.18 Å². The Balaban J connectivity index is 1.73. The molecule has 6 heteroatoms. The summed E-state index contributed by atoms with van der Waals surface area (Å²) in [7, 11) is 1.49. The van der Waals surface area contributed by atoms with E-state index >= 15 is 0 Å². The fourth-order valence-corrected chi connectivity index (χ4v) is 4.30. The Kier molecular flexibility index (Phi) is 8.29. The monoisotopic (exact) mass is 427 g/mol. The normalized spacial score (nSPS) is 16.0. The predicted molar refractivity (Wildman–Crippen MR) is 123 cm³/mol. The third kappa shape index (κ3) is 6.20. The number of ether oxygens (including phenoxy) is 1. The van der Waals surface area contributed by atoms with Crippen LogP contribution in [0.5, 0.6) is 5.75 Å². The minimum Gasteiger partial charge on any atom is -0.497 e. The van der Waals surface area contributed by atoms with E-state index in [1.807, 2.05) is 35.2 Å². The van der Waals surface area contributed by atoms with Crippen molar-refractivity contribution in [1.29, 1.82) is 0 Å². The molecular formula is C25H34FN3O2. The van der Waals surface area contributed by atoms with Crippen LogP contribution in [0.25, 0.3) is 0 Å². The number of urea groups is 1. The number of amides is 2. The SMILES string of the molecule is CCCC(C)N1CCC(N(Cc2ccccc2)C(=O)Nc2ccc(OC)cc2F)CC1. The lowest BCUT2D eigenvalue weighted by Crippen LogP contribution is -2.50. The number of anilines is 1. The maximum absolute atomic E-state index is 14.4. The molecule has 0 aliphatic carbocycles. The van der Waals surface area contributed by atoms with Gasteiger partial charge in [0.05, 0.1) is 12.8 Å². The molecule has 1 aliphatic rings. The molecule has 2 amide bonds. The van der Waals surface area contributed by atoms with Crippen molar-refractivity contribution in [2.75, 3.05) is 25.5 Å². The number of methoxy groups -OCH3 is 1. The van der Waals surface area contributed by atoms with E-state index in [2.05, 4.69) is 24.1 Å².